The maximum atomic E-state index is 11.9. The first-order valence-electron chi connectivity index (χ1n) is 7.19. The second kappa shape index (κ2) is 9.54. The van der Waals surface area contributed by atoms with Gasteiger partial charge in [0.2, 0.25) is 5.91 Å². The van der Waals surface area contributed by atoms with Crippen molar-refractivity contribution in [3.63, 3.8) is 0 Å². The number of carbonyl (C=O) groups excluding carboxylic acids is 1. The van der Waals surface area contributed by atoms with E-state index in [0.29, 0.717) is 25.3 Å². The van der Waals surface area contributed by atoms with E-state index in [9.17, 15) is 4.79 Å². The molecule has 22 heavy (non-hydrogen) atoms. The second-order valence-corrected chi connectivity index (χ2v) is 5.60. The van der Waals surface area contributed by atoms with Crippen LogP contribution in [0.1, 0.15) is 27.2 Å². The highest BCUT2D eigenvalue weighted by Crippen LogP contribution is 2.17. The molecule has 0 aromatic heterocycles. The van der Waals surface area contributed by atoms with Crippen LogP contribution in [0, 0.1) is 5.92 Å². The molecule has 0 heterocycles. The predicted octanol–water partition coefficient (Wildman–Crippen LogP) is 2.38. The van der Waals surface area contributed by atoms with Crippen LogP contribution in [0.5, 0.6) is 11.5 Å². The van der Waals surface area contributed by atoms with Gasteiger partial charge >= 0.3 is 0 Å². The number of ether oxygens (including phenoxy) is 2. The first-order chi connectivity index (χ1) is 9.91. The van der Waals surface area contributed by atoms with Gasteiger partial charge < -0.3 is 20.5 Å². The molecule has 1 aromatic rings. The van der Waals surface area contributed by atoms with Crippen LogP contribution in [-0.2, 0) is 4.79 Å². The fraction of sp³-hybridized carbons (Fsp3) is 0.562. The maximum absolute atomic E-state index is 11.9. The normalized spacial score (nSPS) is 13.0. The van der Waals surface area contributed by atoms with Crippen LogP contribution in [0.2, 0.25) is 0 Å². The zero-order chi connectivity index (χ0) is 15.9. The van der Waals surface area contributed by atoms with Gasteiger partial charge in [-0.2, -0.15) is 0 Å². The van der Waals surface area contributed by atoms with Crippen LogP contribution in [0.4, 0.5) is 0 Å². The Hall–Kier alpha value is -1.46. The van der Waals surface area contributed by atoms with Crippen molar-refractivity contribution in [3.8, 4) is 11.5 Å². The van der Waals surface area contributed by atoms with E-state index in [1.165, 1.54) is 0 Å². The van der Waals surface area contributed by atoms with Crippen molar-refractivity contribution in [3.05, 3.63) is 24.3 Å². The van der Waals surface area contributed by atoms with Gasteiger partial charge in [0, 0.05) is 6.54 Å². The first-order valence-corrected chi connectivity index (χ1v) is 7.19. The molecule has 0 aliphatic carbocycles. The Kier molecular flexibility index (Phi) is 8.90. The minimum Gasteiger partial charge on any atom is -0.497 e. The number of benzene rings is 1. The summed E-state index contributed by atoms with van der Waals surface area (Å²) in [6.07, 6.45) is 0.300. The molecule has 1 aromatic carbocycles. The minimum atomic E-state index is -0.378. The molecule has 3 N–H and O–H groups in total. The van der Waals surface area contributed by atoms with Gasteiger partial charge in [0.25, 0.3) is 0 Å². The molecule has 0 bridgehead atoms. The van der Waals surface area contributed by atoms with Crippen LogP contribution >= 0.6 is 12.4 Å². The van der Waals surface area contributed by atoms with Crippen LogP contribution in [-0.4, -0.2) is 31.7 Å². The van der Waals surface area contributed by atoms with Crippen molar-refractivity contribution in [2.24, 2.45) is 11.7 Å². The Labute approximate surface area is 139 Å². The number of nitrogens with one attached hydrogen (secondary N) is 1. The Morgan fingerprint density at radius 2 is 1.82 bits per heavy atom. The fourth-order valence-corrected chi connectivity index (χ4v) is 1.75. The molecule has 0 radical (unpaired) electrons. The third-order valence-electron chi connectivity index (χ3n) is 3.78. The third-order valence-corrected chi connectivity index (χ3v) is 3.78. The summed E-state index contributed by atoms with van der Waals surface area (Å²) in [4.78, 5) is 11.9. The lowest BCUT2D eigenvalue weighted by atomic mass is 9.88. The number of hydrogen-bond donors (Lipinski definition) is 2. The molecule has 0 aliphatic heterocycles. The lowest BCUT2D eigenvalue weighted by Gasteiger charge is -2.33. The summed E-state index contributed by atoms with van der Waals surface area (Å²) in [6, 6.07) is 7.27. The Bertz CT molecular complexity index is 451. The lowest BCUT2D eigenvalue weighted by molar-refractivity contribution is -0.123. The highest BCUT2D eigenvalue weighted by Gasteiger charge is 2.28. The largest absolute Gasteiger partial charge is 0.497 e. The maximum Gasteiger partial charge on any atom is 0.223 e. The van der Waals surface area contributed by atoms with E-state index in [-0.39, 0.29) is 29.8 Å². The first kappa shape index (κ1) is 20.5. The molecule has 0 saturated carbocycles. The molecule has 0 fully saturated rings. The molecule has 0 spiro atoms. The SMILES string of the molecule is COc1ccc(OCCC(=O)NC(C)(CN)C(C)C)cc1.Cl. The van der Waals surface area contributed by atoms with Gasteiger partial charge in [0.15, 0.2) is 0 Å². The van der Waals surface area contributed by atoms with Crippen molar-refractivity contribution < 1.29 is 14.3 Å². The van der Waals surface area contributed by atoms with Crippen LogP contribution in [0.25, 0.3) is 0 Å². The number of amides is 1. The fourth-order valence-electron chi connectivity index (χ4n) is 1.75. The Morgan fingerprint density at radius 1 is 1.27 bits per heavy atom. The van der Waals surface area contributed by atoms with Gasteiger partial charge in [0.1, 0.15) is 11.5 Å². The number of hydrogen-bond acceptors (Lipinski definition) is 4. The van der Waals surface area contributed by atoms with E-state index in [4.69, 9.17) is 15.2 Å². The summed E-state index contributed by atoms with van der Waals surface area (Å²) < 4.78 is 10.6. The molecule has 1 atom stereocenters. The van der Waals surface area contributed by atoms with E-state index in [2.05, 4.69) is 5.32 Å². The van der Waals surface area contributed by atoms with Crippen LogP contribution in [0.15, 0.2) is 24.3 Å². The summed E-state index contributed by atoms with van der Waals surface area (Å²) in [7, 11) is 1.61. The van der Waals surface area contributed by atoms with E-state index in [1.54, 1.807) is 7.11 Å². The van der Waals surface area contributed by atoms with E-state index in [1.807, 2.05) is 45.0 Å². The highest BCUT2D eigenvalue weighted by atomic mass is 35.5. The van der Waals surface area contributed by atoms with E-state index in [0.717, 1.165) is 5.75 Å². The molecule has 5 nitrogen and oxygen atoms in total. The molecular weight excluding hydrogens is 304 g/mol. The molecule has 1 amide bonds. The van der Waals surface area contributed by atoms with Crippen LogP contribution in [0.3, 0.4) is 0 Å². The number of carbonyl (C=O) groups is 1. The summed E-state index contributed by atoms with van der Waals surface area (Å²) in [6.45, 7) is 6.79. The van der Waals surface area contributed by atoms with Crippen molar-refractivity contribution in [1.29, 1.82) is 0 Å². The van der Waals surface area contributed by atoms with Crippen LogP contribution < -0.4 is 20.5 Å². The lowest BCUT2D eigenvalue weighted by Crippen LogP contribution is -2.55. The number of nitrogens with two attached hydrogens (primary N) is 1. The van der Waals surface area contributed by atoms with E-state index < -0.39 is 0 Å². The average Bonchev–Trinajstić information content (AvgIpc) is 2.47. The summed E-state index contributed by atoms with van der Waals surface area (Å²) in [5.74, 6) is 1.71. The zero-order valence-corrected chi connectivity index (χ0v) is 14.5. The molecular formula is C16H27ClN2O3. The molecule has 0 aliphatic rings. The topological polar surface area (TPSA) is 73.6 Å². The molecule has 6 heteroatoms. The summed E-state index contributed by atoms with van der Waals surface area (Å²) in [5, 5.41) is 2.98. The number of rotatable bonds is 8. The van der Waals surface area contributed by atoms with Crippen molar-refractivity contribution in [2.45, 2.75) is 32.7 Å². The highest BCUT2D eigenvalue weighted by molar-refractivity contribution is 5.85. The number of methoxy groups -OCH3 is 1. The molecule has 1 unspecified atom stereocenters. The van der Waals surface area contributed by atoms with Gasteiger partial charge in [-0.15, -0.1) is 12.4 Å². The van der Waals surface area contributed by atoms with Crippen molar-refractivity contribution >= 4 is 18.3 Å². The number of halogens is 1. The quantitative estimate of drug-likeness (QED) is 0.767. The summed E-state index contributed by atoms with van der Waals surface area (Å²) >= 11 is 0. The average molecular weight is 331 g/mol. The summed E-state index contributed by atoms with van der Waals surface area (Å²) in [5.41, 5.74) is 5.37. The van der Waals surface area contributed by atoms with Gasteiger partial charge in [-0.3, -0.25) is 4.79 Å². The standard InChI is InChI=1S/C16H26N2O3.ClH/c1-12(2)16(3,11-17)18-15(19)9-10-21-14-7-5-13(20-4)6-8-14;/h5-8,12H,9-11,17H2,1-4H3,(H,18,19);1H. The zero-order valence-electron chi connectivity index (χ0n) is 13.7. The van der Waals surface area contributed by atoms with Crippen molar-refractivity contribution in [2.75, 3.05) is 20.3 Å². The Morgan fingerprint density at radius 3 is 2.27 bits per heavy atom. The van der Waals surface area contributed by atoms with Gasteiger partial charge in [-0.1, -0.05) is 13.8 Å². The second-order valence-electron chi connectivity index (χ2n) is 5.60. The minimum absolute atomic E-state index is 0. The monoisotopic (exact) mass is 330 g/mol. The smallest absolute Gasteiger partial charge is 0.223 e. The third kappa shape index (κ3) is 6.12. The molecule has 126 valence electrons. The molecule has 0 saturated heterocycles. The van der Waals surface area contributed by atoms with Gasteiger partial charge in [-0.05, 0) is 37.1 Å². The molecule has 1 rings (SSSR count). The van der Waals surface area contributed by atoms with Gasteiger partial charge in [-0.25, -0.2) is 0 Å². The Balaban J connectivity index is 0.00000441. The van der Waals surface area contributed by atoms with Crippen molar-refractivity contribution in [1.82, 2.24) is 5.32 Å². The predicted molar refractivity (Wildman–Crippen MR) is 90.8 cm³/mol. The van der Waals surface area contributed by atoms with Gasteiger partial charge in [0.05, 0.1) is 25.7 Å². The van der Waals surface area contributed by atoms with E-state index >= 15 is 0 Å².